The normalized spacial score (nSPS) is 10.3. The van der Waals surface area contributed by atoms with Gasteiger partial charge in [0.1, 0.15) is 11.6 Å². The maximum atomic E-state index is 13.4. The summed E-state index contributed by atoms with van der Waals surface area (Å²) in [6.07, 6.45) is 0. The van der Waals surface area contributed by atoms with Crippen LogP contribution >= 0.6 is 11.6 Å². The molecule has 0 saturated heterocycles. The molecule has 0 unspecified atom stereocenters. The van der Waals surface area contributed by atoms with Crippen LogP contribution in [-0.2, 0) is 4.79 Å². The zero-order chi connectivity index (χ0) is 13.8. The highest BCUT2D eigenvalue weighted by Crippen LogP contribution is 2.19. The number of anilines is 2. The van der Waals surface area contributed by atoms with E-state index in [1.165, 1.54) is 18.2 Å². The predicted octanol–water partition coefficient (Wildman–Crippen LogP) is 2.83. The van der Waals surface area contributed by atoms with Gasteiger partial charge in [-0.2, -0.15) is 0 Å². The van der Waals surface area contributed by atoms with Gasteiger partial charge < -0.3 is 15.2 Å². The Morgan fingerprint density at radius 1 is 1.47 bits per heavy atom. The van der Waals surface area contributed by atoms with E-state index in [4.69, 9.17) is 16.1 Å². The molecule has 1 heterocycles. The van der Waals surface area contributed by atoms with Gasteiger partial charge in [-0.05, 0) is 25.1 Å². The van der Waals surface area contributed by atoms with Crippen LogP contribution < -0.4 is 10.6 Å². The Morgan fingerprint density at radius 3 is 2.95 bits per heavy atom. The van der Waals surface area contributed by atoms with Gasteiger partial charge in [0.2, 0.25) is 5.91 Å². The molecule has 2 N–H and O–H groups in total. The van der Waals surface area contributed by atoms with Gasteiger partial charge in [-0.3, -0.25) is 4.79 Å². The Balaban J connectivity index is 1.91. The van der Waals surface area contributed by atoms with Crippen LogP contribution in [0.25, 0.3) is 0 Å². The predicted molar refractivity (Wildman–Crippen MR) is 69.8 cm³/mol. The van der Waals surface area contributed by atoms with Crippen LogP contribution in [0.15, 0.2) is 28.8 Å². The summed E-state index contributed by atoms with van der Waals surface area (Å²) in [4.78, 5) is 11.6. The number of carbonyl (C=O) groups excluding carboxylic acids is 1. The first-order valence-corrected chi connectivity index (χ1v) is 5.84. The number of rotatable bonds is 4. The van der Waals surface area contributed by atoms with Crippen LogP contribution in [0, 0.1) is 12.7 Å². The van der Waals surface area contributed by atoms with Crippen molar-refractivity contribution in [2.45, 2.75) is 6.92 Å². The lowest BCUT2D eigenvalue weighted by atomic mass is 10.3. The van der Waals surface area contributed by atoms with Crippen molar-refractivity contribution < 1.29 is 13.7 Å². The van der Waals surface area contributed by atoms with Crippen LogP contribution in [0.2, 0.25) is 5.02 Å². The van der Waals surface area contributed by atoms with Crippen LogP contribution in [0.5, 0.6) is 0 Å². The van der Waals surface area contributed by atoms with Gasteiger partial charge in [0.05, 0.1) is 12.2 Å². The zero-order valence-electron chi connectivity index (χ0n) is 10.0. The van der Waals surface area contributed by atoms with E-state index in [-0.39, 0.29) is 18.1 Å². The highest BCUT2D eigenvalue weighted by Gasteiger charge is 2.08. The summed E-state index contributed by atoms with van der Waals surface area (Å²) in [5.74, 6) is 0.0576. The summed E-state index contributed by atoms with van der Waals surface area (Å²) in [6.45, 7) is 1.60. The Kier molecular flexibility index (Phi) is 4.01. The lowest BCUT2D eigenvalue weighted by Crippen LogP contribution is -2.22. The molecule has 0 aliphatic carbocycles. The number of carbonyl (C=O) groups is 1. The van der Waals surface area contributed by atoms with Crippen LogP contribution in [0.1, 0.15) is 5.76 Å². The summed E-state index contributed by atoms with van der Waals surface area (Å²) in [6, 6.07) is 5.64. The summed E-state index contributed by atoms with van der Waals surface area (Å²) in [5, 5.41) is 9.15. The molecule has 0 saturated carbocycles. The first kappa shape index (κ1) is 13.4. The monoisotopic (exact) mass is 283 g/mol. The molecule has 2 aromatic rings. The second-order valence-electron chi connectivity index (χ2n) is 3.85. The smallest absolute Gasteiger partial charge is 0.244 e. The van der Waals surface area contributed by atoms with Gasteiger partial charge in [-0.15, -0.1) is 0 Å². The van der Waals surface area contributed by atoms with Crippen molar-refractivity contribution >= 4 is 29.0 Å². The molecule has 2 rings (SSSR count). The number of nitrogens with one attached hydrogen (secondary N) is 2. The van der Waals surface area contributed by atoms with Crippen LogP contribution in [0.4, 0.5) is 15.9 Å². The molecule has 0 aliphatic heterocycles. The van der Waals surface area contributed by atoms with Gasteiger partial charge in [0, 0.05) is 11.1 Å². The molecule has 0 atom stereocenters. The average Bonchev–Trinajstić information content (AvgIpc) is 2.76. The van der Waals surface area contributed by atoms with Crippen molar-refractivity contribution in [1.29, 1.82) is 0 Å². The minimum atomic E-state index is -0.477. The maximum absolute atomic E-state index is 13.4. The second-order valence-corrected chi connectivity index (χ2v) is 4.29. The largest absolute Gasteiger partial charge is 0.374 e. The standard InChI is InChI=1S/C12H11ClFN3O2/c1-7-4-11(17-19-7)16-12(18)6-15-10-5-8(13)2-3-9(10)14/h2-5,15H,6H2,1H3,(H,16,17,18). The van der Waals surface area contributed by atoms with Gasteiger partial charge in [0.25, 0.3) is 0 Å². The van der Waals surface area contributed by atoms with Gasteiger partial charge in [-0.25, -0.2) is 4.39 Å². The molecule has 1 aromatic heterocycles. The molecule has 0 spiro atoms. The molecule has 5 nitrogen and oxygen atoms in total. The van der Waals surface area contributed by atoms with Crippen molar-refractivity contribution in [2.24, 2.45) is 0 Å². The van der Waals surface area contributed by atoms with E-state index >= 15 is 0 Å². The van der Waals surface area contributed by atoms with Crippen molar-refractivity contribution in [3.63, 3.8) is 0 Å². The number of hydrogen-bond donors (Lipinski definition) is 2. The quantitative estimate of drug-likeness (QED) is 0.905. The number of amides is 1. The highest BCUT2D eigenvalue weighted by molar-refractivity contribution is 6.30. The van der Waals surface area contributed by atoms with E-state index in [1.807, 2.05) is 0 Å². The third-order valence-corrected chi connectivity index (χ3v) is 2.50. The molecular weight excluding hydrogens is 273 g/mol. The molecule has 0 fully saturated rings. The molecule has 0 bridgehead atoms. The second kappa shape index (κ2) is 5.71. The fraction of sp³-hybridized carbons (Fsp3) is 0.167. The molecule has 7 heteroatoms. The van der Waals surface area contributed by atoms with Crippen LogP contribution in [-0.4, -0.2) is 17.6 Å². The number of nitrogens with zero attached hydrogens (tertiary/aromatic N) is 1. The minimum Gasteiger partial charge on any atom is -0.374 e. The van der Waals surface area contributed by atoms with Crippen LogP contribution in [0.3, 0.4) is 0 Å². The number of halogens is 2. The SMILES string of the molecule is Cc1cc(NC(=O)CNc2cc(Cl)ccc2F)no1. The molecule has 0 radical (unpaired) electrons. The van der Waals surface area contributed by atoms with E-state index < -0.39 is 5.82 Å². The van der Waals surface area contributed by atoms with E-state index in [1.54, 1.807) is 13.0 Å². The molecule has 100 valence electrons. The Bertz CT molecular complexity index is 600. The van der Waals surface area contributed by atoms with E-state index in [0.717, 1.165) is 0 Å². The molecule has 1 aromatic carbocycles. The van der Waals surface area contributed by atoms with E-state index in [2.05, 4.69) is 15.8 Å². The fourth-order valence-electron chi connectivity index (χ4n) is 1.42. The summed E-state index contributed by atoms with van der Waals surface area (Å²) in [7, 11) is 0. The third kappa shape index (κ3) is 3.69. The van der Waals surface area contributed by atoms with Crippen molar-refractivity contribution in [2.75, 3.05) is 17.2 Å². The Labute approximate surface area is 113 Å². The maximum Gasteiger partial charge on any atom is 0.244 e. The fourth-order valence-corrected chi connectivity index (χ4v) is 1.59. The lowest BCUT2D eigenvalue weighted by Gasteiger charge is -2.07. The van der Waals surface area contributed by atoms with E-state index in [0.29, 0.717) is 16.6 Å². The zero-order valence-corrected chi connectivity index (χ0v) is 10.8. The van der Waals surface area contributed by atoms with Gasteiger partial charge >= 0.3 is 0 Å². The summed E-state index contributed by atoms with van der Waals surface area (Å²) >= 11 is 5.74. The Hall–Kier alpha value is -2.08. The van der Waals surface area contributed by atoms with Crippen molar-refractivity contribution in [1.82, 2.24) is 5.16 Å². The van der Waals surface area contributed by atoms with E-state index in [9.17, 15) is 9.18 Å². The Morgan fingerprint density at radius 2 is 2.26 bits per heavy atom. The van der Waals surface area contributed by atoms with Gasteiger partial charge in [-0.1, -0.05) is 16.8 Å². The molecule has 19 heavy (non-hydrogen) atoms. The summed E-state index contributed by atoms with van der Waals surface area (Å²) in [5.41, 5.74) is 0.166. The first-order chi connectivity index (χ1) is 9.04. The third-order valence-electron chi connectivity index (χ3n) is 2.26. The number of benzene rings is 1. The highest BCUT2D eigenvalue weighted by atomic mass is 35.5. The molecule has 0 aliphatic rings. The van der Waals surface area contributed by atoms with Gasteiger partial charge in [0.15, 0.2) is 5.82 Å². The van der Waals surface area contributed by atoms with Crippen molar-refractivity contribution in [3.05, 3.63) is 40.9 Å². The first-order valence-electron chi connectivity index (χ1n) is 5.46. The molecule has 1 amide bonds. The summed E-state index contributed by atoms with van der Waals surface area (Å²) < 4.78 is 18.2. The average molecular weight is 284 g/mol. The lowest BCUT2D eigenvalue weighted by molar-refractivity contribution is -0.114. The number of hydrogen-bond acceptors (Lipinski definition) is 4. The minimum absolute atomic E-state index is 0.108. The molecular formula is C12H11ClFN3O2. The number of aryl methyl sites for hydroxylation is 1. The van der Waals surface area contributed by atoms with Crippen molar-refractivity contribution in [3.8, 4) is 0 Å². The topological polar surface area (TPSA) is 67.2 Å². The number of aromatic nitrogens is 1.